The van der Waals surface area contributed by atoms with Crippen molar-refractivity contribution >= 4 is 28.4 Å². The van der Waals surface area contributed by atoms with E-state index in [1.54, 1.807) is 0 Å². The molecule has 136 valence electrons. The minimum atomic E-state index is 0.196. The molecule has 3 aliphatic heterocycles. The van der Waals surface area contributed by atoms with E-state index in [2.05, 4.69) is 64.5 Å². The van der Waals surface area contributed by atoms with E-state index < -0.39 is 0 Å². The number of nitrogens with zero attached hydrogens (tertiary/aromatic N) is 2. The first-order valence-corrected chi connectivity index (χ1v) is 10.3. The van der Waals surface area contributed by atoms with Crippen LogP contribution in [0.4, 0.5) is 11.4 Å². The average Bonchev–Trinajstić information content (AvgIpc) is 3.34. The Morgan fingerprint density at radius 3 is 2.65 bits per heavy atom. The standard InChI is InChI=1S/C20H25N5S/c1-12-8-16-17(9-13(12)2)22-20(21-16)19-15-5-6-25(11-18(15)23-24-19)10-14-4-3-7-26-14/h3-4,7-9,15,19-22,24H,5-6,10-11H2,1-2H3. The summed E-state index contributed by atoms with van der Waals surface area (Å²) in [5.74, 6) is 0.510. The van der Waals surface area contributed by atoms with Crippen molar-refractivity contribution in [1.82, 2.24) is 10.3 Å². The van der Waals surface area contributed by atoms with Gasteiger partial charge in [-0.2, -0.15) is 5.10 Å². The molecule has 0 spiro atoms. The maximum atomic E-state index is 4.71. The molecule has 1 fully saturated rings. The lowest BCUT2D eigenvalue weighted by Crippen LogP contribution is -2.50. The third kappa shape index (κ3) is 2.77. The van der Waals surface area contributed by atoms with E-state index >= 15 is 0 Å². The first kappa shape index (κ1) is 16.1. The van der Waals surface area contributed by atoms with Crippen LogP contribution in [0.3, 0.4) is 0 Å². The van der Waals surface area contributed by atoms with E-state index in [0.29, 0.717) is 12.0 Å². The van der Waals surface area contributed by atoms with Gasteiger partial charge in [0.15, 0.2) is 0 Å². The van der Waals surface area contributed by atoms with Crippen molar-refractivity contribution in [3.05, 3.63) is 45.6 Å². The van der Waals surface area contributed by atoms with Gasteiger partial charge in [-0.3, -0.25) is 4.90 Å². The number of fused-ring (bicyclic) bond motifs is 2. The highest BCUT2D eigenvalue weighted by atomic mass is 32.1. The normalized spacial score (nSPS) is 25.1. The molecule has 5 rings (SSSR count). The lowest BCUT2D eigenvalue weighted by Gasteiger charge is -2.34. The first-order valence-electron chi connectivity index (χ1n) is 9.38. The zero-order valence-electron chi connectivity index (χ0n) is 15.2. The van der Waals surface area contributed by atoms with Crippen LogP contribution < -0.4 is 16.1 Å². The summed E-state index contributed by atoms with van der Waals surface area (Å²) in [6, 6.07) is 9.16. The van der Waals surface area contributed by atoms with Crippen molar-refractivity contribution < 1.29 is 0 Å². The third-order valence-electron chi connectivity index (χ3n) is 5.94. The Balaban J connectivity index is 1.25. The summed E-state index contributed by atoms with van der Waals surface area (Å²) in [6.45, 7) is 7.49. The summed E-state index contributed by atoms with van der Waals surface area (Å²) in [7, 11) is 0. The monoisotopic (exact) mass is 367 g/mol. The minimum Gasteiger partial charge on any atom is -0.362 e. The number of thiophene rings is 1. The van der Waals surface area contributed by atoms with Crippen LogP contribution in [0.5, 0.6) is 0 Å². The van der Waals surface area contributed by atoms with E-state index in [9.17, 15) is 0 Å². The van der Waals surface area contributed by atoms with Crippen LogP contribution in [0.15, 0.2) is 34.7 Å². The van der Waals surface area contributed by atoms with Crippen LogP contribution in [0.25, 0.3) is 0 Å². The first-order chi connectivity index (χ1) is 12.7. The Morgan fingerprint density at radius 1 is 1.19 bits per heavy atom. The molecule has 4 heterocycles. The zero-order valence-corrected chi connectivity index (χ0v) is 16.1. The van der Waals surface area contributed by atoms with Gasteiger partial charge in [-0.25, -0.2) is 0 Å². The number of rotatable bonds is 3. The van der Waals surface area contributed by atoms with Crippen LogP contribution in [-0.4, -0.2) is 35.9 Å². The Morgan fingerprint density at radius 2 is 1.96 bits per heavy atom. The predicted octanol–water partition coefficient (Wildman–Crippen LogP) is 3.38. The van der Waals surface area contributed by atoms with E-state index in [4.69, 9.17) is 5.10 Å². The second-order valence-electron chi connectivity index (χ2n) is 7.69. The van der Waals surface area contributed by atoms with Crippen molar-refractivity contribution in [3.63, 3.8) is 0 Å². The van der Waals surface area contributed by atoms with Crippen molar-refractivity contribution in [2.24, 2.45) is 11.0 Å². The number of anilines is 2. The number of likely N-dealkylation sites (tertiary alicyclic amines) is 1. The number of nitrogens with one attached hydrogen (secondary N) is 3. The van der Waals surface area contributed by atoms with Gasteiger partial charge in [-0.1, -0.05) is 6.07 Å². The number of hydrogen-bond acceptors (Lipinski definition) is 6. The molecule has 1 saturated heterocycles. The summed E-state index contributed by atoms with van der Waals surface area (Å²) < 4.78 is 0. The summed E-state index contributed by atoms with van der Waals surface area (Å²) in [5, 5.41) is 14.2. The summed E-state index contributed by atoms with van der Waals surface area (Å²) in [4.78, 5) is 3.95. The fraction of sp³-hybridized carbons (Fsp3) is 0.450. The molecule has 1 aromatic carbocycles. The SMILES string of the molecule is Cc1cc2c(cc1C)NC(C1NN=C3CN(Cc4cccs4)CCC31)N2. The van der Waals surface area contributed by atoms with Crippen molar-refractivity contribution in [2.45, 2.75) is 39.0 Å². The smallest absolute Gasteiger partial charge is 0.120 e. The molecule has 2 atom stereocenters. The van der Waals surface area contributed by atoms with Crippen molar-refractivity contribution in [2.75, 3.05) is 23.7 Å². The molecular formula is C20H25N5S. The number of hydrogen-bond donors (Lipinski definition) is 3. The Labute approximate surface area is 158 Å². The molecule has 2 aromatic rings. The molecule has 0 bridgehead atoms. The largest absolute Gasteiger partial charge is 0.362 e. The molecule has 26 heavy (non-hydrogen) atoms. The maximum absolute atomic E-state index is 4.71. The highest BCUT2D eigenvalue weighted by Gasteiger charge is 2.41. The van der Waals surface area contributed by atoms with Crippen LogP contribution in [0, 0.1) is 19.8 Å². The predicted molar refractivity (Wildman–Crippen MR) is 109 cm³/mol. The molecular weight excluding hydrogens is 342 g/mol. The second-order valence-corrected chi connectivity index (χ2v) is 8.72. The lowest BCUT2D eigenvalue weighted by atomic mass is 9.87. The van der Waals surface area contributed by atoms with Gasteiger partial charge in [0, 0.05) is 23.9 Å². The summed E-state index contributed by atoms with van der Waals surface area (Å²) in [5.41, 5.74) is 9.82. The molecule has 0 aliphatic carbocycles. The molecule has 3 aliphatic rings. The van der Waals surface area contributed by atoms with Crippen molar-refractivity contribution in [1.29, 1.82) is 0 Å². The molecule has 0 amide bonds. The maximum Gasteiger partial charge on any atom is 0.120 e. The Bertz CT molecular complexity index is 813. The quantitative estimate of drug-likeness (QED) is 0.778. The van der Waals surface area contributed by atoms with Crippen molar-refractivity contribution in [3.8, 4) is 0 Å². The lowest BCUT2D eigenvalue weighted by molar-refractivity contribution is 0.251. The molecule has 2 unspecified atom stereocenters. The van der Waals surface area contributed by atoms with Gasteiger partial charge in [-0.05, 0) is 61.5 Å². The molecule has 0 radical (unpaired) electrons. The fourth-order valence-electron chi connectivity index (χ4n) is 4.34. The molecule has 5 nitrogen and oxygen atoms in total. The van der Waals surface area contributed by atoms with E-state index in [-0.39, 0.29) is 6.17 Å². The van der Waals surface area contributed by atoms with E-state index in [0.717, 1.165) is 26.1 Å². The van der Waals surface area contributed by atoms with Gasteiger partial charge >= 0.3 is 0 Å². The molecule has 6 heteroatoms. The van der Waals surface area contributed by atoms with Gasteiger partial charge in [0.05, 0.1) is 23.1 Å². The molecule has 1 aromatic heterocycles. The van der Waals surface area contributed by atoms with Gasteiger partial charge in [0.25, 0.3) is 0 Å². The number of hydrazone groups is 1. The van der Waals surface area contributed by atoms with Crippen LogP contribution in [-0.2, 0) is 6.54 Å². The van der Waals surface area contributed by atoms with Crippen LogP contribution in [0.1, 0.15) is 22.4 Å². The van der Waals surface area contributed by atoms with Gasteiger partial charge in [-0.15, -0.1) is 11.3 Å². The highest BCUT2D eigenvalue weighted by molar-refractivity contribution is 7.09. The highest BCUT2D eigenvalue weighted by Crippen LogP contribution is 2.35. The van der Waals surface area contributed by atoms with Gasteiger partial charge in [0.1, 0.15) is 6.17 Å². The van der Waals surface area contributed by atoms with E-state index in [1.165, 1.54) is 33.1 Å². The second kappa shape index (κ2) is 6.28. The van der Waals surface area contributed by atoms with Crippen LogP contribution >= 0.6 is 11.3 Å². The zero-order chi connectivity index (χ0) is 17.7. The summed E-state index contributed by atoms with van der Waals surface area (Å²) in [6.07, 6.45) is 1.36. The fourth-order valence-corrected chi connectivity index (χ4v) is 5.08. The number of piperidine rings is 1. The average molecular weight is 368 g/mol. The summed E-state index contributed by atoms with van der Waals surface area (Å²) >= 11 is 1.84. The van der Waals surface area contributed by atoms with Gasteiger partial charge in [0.2, 0.25) is 0 Å². The Kier molecular flexibility index (Phi) is 3.90. The topological polar surface area (TPSA) is 51.7 Å². The number of benzene rings is 1. The van der Waals surface area contributed by atoms with E-state index in [1.807, 2.05) is 11.3 Å². The van der Waals surface area contributed by atoms with Gasteiger partial charge < -0.3 is 16.1 Å². The number of aryl methyl sites for hydroxylation is 2. The minimum absolute atomic E-state index is 0.196. The molecule has 0 saturated carbocycles. The van der Waals surface area contributed by atoms with Crippen LogP contribution in [0.2, 0.25) is 0 Å². The molecule has 3 N–H and O–H groups in total. The third-order valence-corrected chi connectivity index (χ3v) is 6.80. The Hall–Kier alpha value is -2.05.